The molecule has 6 nitrogen and oxygen atoms in total. The second-order valence-electron chi connectivity index (χ2n) is 5.16. The van der Waals surface area contributed by atoms with Crippen LogP contribution in [0.4, 0.5) is 11.6 Å². The lowest BCUT2D eigenvalue weighted by atomic mass is 10.2. The Morgan fingerprint density at radius 2 is 1.62 bits per heavy atom. The number of pyridine rings is 1. The second-order valence-corrected chi connectivity index (χ2v) is 5.16. The van der Waals surface area contributed by atoms with Crippen LogP contribution in [0.1, 0.15) is 11.3 Å². The molecule has 0 fully saturated rings. The minimum atomic E-state index is 0.621. The van der Waals surface area contributed by atoms with Crippen LogP contribution in [0.25, 0.3) is 0 Å². The van der Waals surface area contributed by atoms with E-state index in [1.54, 1.807) is 13.3 Å². The highest BCUT2D eigenvalue weighted by Gasteiger charge is 2.00. The molecule has 0 unspecified atom stereocenters. The molecule has 0 amide bonds. The highest BCUT2D eigenvalue weighted by Crippen LogP contribution is 2.14. The first-order valence-electron chi connectivity index (χ1n) is 7.66. The van der Waals surface area contributed by atoms with Gasteiger partial charge in [0, 0.05) is 18.8 Å². The van der Waals surface area contributed by atoms with Crippen molar-refractivity contribution in [1.82, 2.24) is 15.0 Å². The molecule has 3 rings (SSSR count). The van der Waals surface area contributed by atoms with E-state index in [1.807, 2.05) is 48.5 Å². The molecule has 0 spiro atoms. The van der Waals surface area contributed by atoms with E-state index in [1.165, 1.54) is 6.33 Å². The molecule has 0 aliphatic rings. The first kappa shape index (κ1) is 15.7. The van der Waals surface area contributed by atoms with Gasteiger partial charge in [-0.05, 0) is 29.8 Å². The number of hydrogen-bond donors (Lipinski definition) is 2. The van der Waals surface area contributed by atoms with Gasteiger partial charge >= 0.3 is 0 Å². The second kappa shape index (κ2) is 7.92. The SMILES string of the molecule is COc1ccc(CNc2cc(NCc3ccccn3)ncn2)cc1. The van der Waals surface area contributed by atoms with Crippen molar-refractivity contribution in [3.05, 3.63) is 72.3 Å². The molecule has 2 heterocycles. The molecular weight excluding hydrogens is 302 g/mol. The van der Waals surface area contributed by atoms with E-state index in [9.17, 15) is 0 Å². The van der Waals surface area contributed by atoms with Crippen molar-refractivity contribution in [2.45, 2.75) is 13.1 Å². The third-order valence-corrected chi connectivity index (χ3v) is 3.48. The molecule has 122 valence electrons. The highest BCUT2D eigenvalue weighted by atomic mass is 16.5. The number of hydrogen-bond acceptors (Lipinski definition) is 6. The summed E-state index contributed by atoms with van der Waals surface area (Å²) in [6.45, 7) is 1.30. The molecule has 0 atom stereocenters. The normalized spacial score (nSPS) is 10.2. The Kier molecular flexibility index (Phi) is 5.19. The number of anilines is 2. The van der Waals surface area contributed by atoms with E-state index >= 15 is 0 Å². The lowest BCUT2D eigenvalue weighted by Gasteiger charge is -2.09. The first-order valence-corrected chi connectivity index (χ1v) is 7.66. The van der Waals surface area contributed by atoms with Crippen LogP contribution in [0.3, 0.4) is 0 Å². The summed E-state index contributed by atoms with van der Waals surface area (Å²) in [7, 11) is 1.66. The zero-order valence-corrected chi connectivity index (χ0v) is 13.4. The van der Waals surface area contributed by atoms with Crippen LogP contribution in [0, 0.1) is 0 Å². The van der Waals surface area contributed by atoms with Crippen LogP contribution in [0.15, 0.2) is 61.1 Å². The van der Waals surface area contributed by atoms with Crippen LogP contribution in [0.2, 0.25) is 0 Å². The van der Waals surface area contributed by atoms with Crippen molar-refractivity contribution < 1.29 is 4.74 Å². The topological polar surface area (TPSA) is 72.0 Å². The highest BCUT2D eigenvalue weighted by molar-refractivity contribution is 5.47. The number of methoxy groups -OCH3 is 1. The Hall–Kier alpha value is -3.15. The fourth-order valence-corrected chi connectivity index (χ4v) is 2.17. The summed E-state index contributed by atoms with van der Waals surface area (Å²) < 4.78 is 5.16. The maximum atomic E-state index is 5.16. The largest absolute Gasteiger partial charge is 0.497 e. The number of nitrogens with zero attached hydrogens (tertiary/aromatic N) is 3. The predicted molar refractivity (Wildman–Crippen MR) is 93.9 cm³/mol. The molecule has 0 saturated heterocycles. The van der Waals surface area contributed by atoms with Crippen LogP contribution < -0.4 is 15.4 Å². The van der Waals surface area contributed by atoms with E-state index in [2.05, 4.69) is 25.6 Å². The minimum Gasteiger partial charge on any atom is -0.497 e. The zero-order valence-electron chi connectivity index (χ0n) is 13.4. The lowest BCUT2D eigenvalue weighted by molar-refractivity contribution is 0.414. The van der Waals surface area contributed by atoms with Crippen molar-refractivity contribution >= 4 is 11.6 Å². The first-order chi connectivity index (χ1) is 11.8. The lowest BCUT2D eigenvalue weighted by Crippen LogP contribution is -2.06. The molecule has 6 heteroatoms. The summed E-state index contributed by atoms with van der Waals surface area (Å²) >= 11 is 0. The fourth-order valence-electron chi connectivity index (χ4n) is 2.17. The number of ether oxygens (including phenoxy) is 1. The van der Waals surface area contributed by atoms with Gasteiger partial charge in [-0.25, -0.2) is 9.97 Å². The number of benzene rings is 1. The monoisotopic (exact) mass is 321 g/mol. The van der Waals surface area contributed by atoms with Crippen LogP contribution in [-0.2, 0) is 13.1 Å². The summed E-state index contributed by atoms with van der Waals surface area (Å²) in [5.41, 5.74) is 2.11. The van der Waals surface area contributed by atoms with Crippen molar-refractivity contribution in [2.75, 3.05) is 17.7 Å². The Bertz CT molecular complexity index is 762. The smallest absolute Gasteiger partial charge is 0.131 e. The van der Waals surface area contributed by atoms with Gasteiger partial charge in [-0.1, -0.05) is 18.2 Å². The quantitative estimate of drug-likeness (QED) is 0.697. The van der Waals surface area contributed by atoms with Gasteiger partial charge in [0.2, 0.25) is 0 Å². The number of rotatable bonds is 7. The summed E-state index contributed by atoms with van der Waals surface area (Å²) in [4.78, 5) is 12.7. The fraction of sp³-hybridized carbons (Fsp3) is 0.167. The van der Waals surface area contributed by atoms with E-state index in [-0.39, 0.29) is 0 Å². The Labute approximate surface area is 141 Å². The summed E-state index contributed by atoms with van der Waals surface area (Å²) in [5, 5.41) is 6.53. The van der Waals surface area contributed by atoms with Gasteiger partial charge in [-0.2, -0.15) is 0 Å². The van der Waals surface area contributed by atoms with Gasteiger partial charge in [-0.3, -0.25) is 4.98 Å². The van der Waals surface area contributed by atoms with Gasteiger partial charge in [-0.15, -0.1) is 0 Å². The molecule has 2 N–H and O–H groups in total. The van der Waals surface area contributed by atoms with Gasteiger partial charge in [0.05, 0.1) is 19.3 Å². The molecule has 1 aromatic carbocycles. The average molecular weight is 321 g/mol. The molecule has 24 heavy (non-hydrogen) atoms. The molecule has 3 aromatic rings. The average Bonchev–Trinajstić information content (AvgIpc) is 2.66. The molecule has 2 aromatic heterocycles. The number of nitrogens with one attached hydrogen (secondary N) is 2. The molecule has 0 saturated carbocycles. The van der Waals surface area contributed by atoms with Crippen molar-refractivity contribution in [2.24, 2.45) is 0 Å². The standard InChI is InChI=1S/C18H19N5O/c1-24-16-7-5-14(6-8-16)11-20-17-10-18(23-13-22-17)21-12-15-4-2-3-9-19-15/h2-10,13H,11-12H2,1H3,(H2,20,21,22,23). The Morgan fingerprint density at radius 1 is 0.875 bits per heavy atom. The van der Waals surface area contributed by atoms with Crippen molar-refractivity contribution in [3.8, 4) is 5.75 Å². The summed E-state index contributed by atoms with van der Waals surface area (Å²) in [5.74, 6) is 2.37. The van der Waals surface area contributed by atoms with Gasteiger partial charge in [0.1, 0.15) is 23.7 Å². The minimum absolute atomic E-state index is 0.621. The van der Waals surface area contributed by atoms with Gasteiger partial charge in [0.25, 0.3) is 0 Å². The van der Waals surface area contributed by atoms with Crippen molar-refractivity contribution in [3.63, 3.8) is 0 Å². The van der Waals surface area contributed by atoms with Crippen molar-refractivity contribution in [1.29, 1.82) is 0 Å². The maximum Gasteiger partial charge on any atom is 0.131 e. The van der Waals surface area contributed by atoms with Crippen LogP contribution in [0.5, 0.6) is 5.75 Å². The third-order valence-electron chi connectivity index (χ3n) is 3.48. The van der Waals surface area contributed by atoms with E-state index in [0.717, 1.165) is 28.6 Å². The Balaban J connectivity index is 1.56. The summed E-state index contributed by atoms with van der Waals surface area (Å²) in [6.07, 6.45) is 3.32. The van der Waals surface area contributed by atoms with Crippen LogP contribution in [-0.4, -0.2) is 22.1 Å². The molecule has 0 bridgehead atoms. The van der Waals surface area contributed by atoms with E-state index in [0.29, 0.717) is 13.1 Å². The van der Waals surface area contributed by atoms with Gasteiger partial charge < -0.3 is 15.4 Å². The third kappa shape index (κ3) is 4.42. The molecule has 0 aliphatic heterocycles. The zero-order chi connectivity index (χ0) is 16.6. The van der Waals surface area contributed by atoms with E-state index < -0.39 is 0 Å². The van der Waals surface area contributed by atoms with Crippen LogP contribution >= 0.6 is 0 Å². The number of aromatic nitrogens is 3. The Morgan fingerprint density at radius 3 is 2.29 bits per heavy atom. The predicted octanol–water partition coefficient (Wildman–Crippen LogP) is 3.10. The summed E-state index contributed by atoms with van der Waals surface area (Å²) in [6, 6.07) is 15.6. The molecular formula is C18H19N5O. The molecule has 0 aliphatic carbocycles. The van der Waals surface area contributed by atoms with Gasteiger partial charge in [0.15, 0.2) is 0 Å². The van der Waals surface area contributed by atoms with E-state index in [4.69, 9.17) is 4.74 Å². The molecule has 0 radical (unpaired) electrons. The maximum absolute atomic E-state index is 5.16.